The van der Waals surface area contributed by atoms with Crippen molar-refractivity contribution in [3.63, 3.8) is 0 Å². The van der Waals surface area contributed by atoms with Crippen LogP contribution in [0.2, 0.25) is 0 Å². The van der Waals surface area contributed by atoms with Gasteiger partial charge in [-0.25, -0.2) is 4.98 Å². The van der Waals surface area contributed by atoms with Crippen LogP contribution in [0.25, 0.3) is 0 Å². The first kappa shape index (κ1) is 16.5. The molecule has 0 radical (unpaired) electrons. The van der Waals surface area contributed by atoms with E-state index in [1.54, 1.807) is 7.11 Å². The highest BCUT2D eigenvalue weighted by molar-refractivity contribution is 5.31. The molecule has 4 heterocycles. The standard InChI is InChI=1S/C19H26N4O2/c1-3-23-16-9-11-25-13-15(16)19(21-23)17-7-5-10-22(17)12-14-6-4-8-18(20-14)24-2/h4,6,8,17H,3,5,7,9-13H2,1-2H3. The van der Waals surface area contributed by atoms with Gasteiger partial charge in [0.2, 0.25) is 5.88 Å². The molecule has 1 saturated heterocycles. The number of hydrogen-bond acceptors (Lipinski definition) is 5. The number of aromatic nitrogens is 3. The molecule has 1 fully saturated rings. The first-order valence-electron chi connectivity index (χ1n) is 9.20. The van der Waals surface area contributed by atoms with Crippen molar-refractivity contribution in [2.45, 2.75) is 51.9 Å². The van der Waals surface area contributed by atoms with Gasteiger partial charge in [-0.05, 0) is 32.4 Å². The third-order valence-corrected chi connectivity index (χ3v) is 5.26. The van der Waals surface area contributed by atoms with Crippen LogP contribution in [-0.2, 0) is 30.9 Å². The summed E-state index contributed by atoms with van der Waals surface area (Å²) in [5, 5.41) is 4.97. The smallest absolute Gasteiger partial charge is 0.213 e. The summed E-state index contributed by atoms with van der Waals surface area (Å²) in [6, 6.07) is 6.33. The number of rotatable bonds is 5. The maximum absolute atomic E-state index is 5.74. The number of ether oxygens (including phenoxy) is 2. The Morgan fingerprint density at radius 1 is 1.36 bits per heavy atom. The third-order valence-electron chi connectivity index (χ3n) is 5.26. The molecule has 0 saturated carbocycles. The van der Waals surface area contributed by atoms with E-state index >= 15 is 0 Å². The Hall–Kier alpha value is -1.92. The molecule has 1 unspecified atom stereocenters. The zero-order chi connectivity index (χ0) is 17.2. The van der Waals surface area contributed by atoms with Crippen LogP contribution in [0.1, 0.15) is 48.5 Å². The van der Waals surface area contributed by atoms with Crippen LogP contribution in [0.5, 0.6) is 5.88 Å². The van der Waals surface area contributed by atoms with E-state index in [-0.39, 0.29) is 0 Å². The second kappa shape index (κ2) is 7.14. The number of hydrogen-bond donors (Lipinski definition) is 0. The minimum Gasteiger partial charge on any atom is -0.481 e. The molecule has 25 heavy (non-hydrogen) atoms. The van der Waals surface area contributed by atoms with Crippen molar-refractivity contribution in [1.82, 2.24) is 19.7 Å². The van der Waals surface area contributed by atoms with E-state index in [2.05, 4.69) is 27.6 Å². The molecular weight excluding hydrogens is 316 g/mol. The van der Waals surface area contributed by atoms with Crippen LogP contribution in [0.4, 0.5) is 0 Å². The summed E-state index contributed by atoms with van der Waals surface area (Å²) < 4.78 is 13.2. The van der Waals surface area contributed by atoms with Gasteiger partial charge < -0.3 is 9.47 Å². The maximum Gasteiger partial charge on any atom is 0.213 e. The Kier molecular flexibility index (Phi) is 4.72. The lowest BCUT2D eigenvalue weighted by atomic mass is 10.0. The van der Waals surface area contributed by atoms with E-state index in [4.69, 9.17) is 14.6 Å². The number of aryl methyl sites for hydroxylation is 1. The van der Waals surface area contributed by atoms with Crippen LogP contribution < -0.4 is 4.74 Å². The topological polar surface area (TPSA) is 52.4 Å². The average Bonchev–Trinajstić information content (AvgIpc) is 3.26. The molecule has 6 nitrogen and oxygen atoms in total. The molecule has 0 spiro atoms. The minimum absolute atomic E-state index is 0.358. The van der Waals surface area contributed by atoms with E-state index in [0.717, 1.165) is 44.8 Å². The molecule has 0 aromatic carbocycles. The Balaban J connectivity index is 1.60. The summed E-state index contributed by atoms with van der Waals surface area (Å²) in [7, 11) is 1.66. The lowest BCUT2D eigenvalue weighted by molar-refractivity contribution is 0.107. The number of nitrogens with zero attached hydrogens (tertiary/aromatic N) is 4. The van der Waals surface area contributed by atoms with Gasteiger partial charge in [0.25, 0.3) is 0 Å². The van der Waals surface area contributed by atoms with E-state index < -0.39 is 0 Å². The summed E-state index contributed by atoms with van der Waals surface area (Å²) >= 11 is 0. The van der Waals surface area contributed by atoms with Crippen LogP contribution in [0.15, 0.2) is 18.2 Å². The van der Waals surface area contributed by atoms with Crippen molar-refractivity contribution in [2.24, 2.45) is 0 Å². The van der Waals surface area contributed by atoms with Gasteiger partial charge in [-0.15, -0.1) is 0 Å². The Morgan fingerprint density at radius 3 is 3.12 bits per heavy atom. The molecule has 0 amide bonds. The number of pyridine rings is 1. The highest BCUT2D eigenvalue weighted by Crippen LogP contribution is 2.36. The fraction of sp³-hybridized carbons (Fsp3) is 0.579. The Labute approximate surface area is 148 Å². The largest absolute Gasteiger partial charge is 0.481 e. The van der Waals surface area contributed by atoms with Crippen molar-refractivity contribution >= 4 is 0 Å². The molecule has 0 bridgehead atoms. The highest BCUT2D eigenvalue weighted by Gasteiger charge is 2.33. The summed E-state index contributed by atoms with van der Waals surface area (Å²) in [6.07, 6.45) is 3.32. The molecular formula is C19H26N4O2. The summed E-state index contributed by atoms with van der Waals surface area (Å²) in [6.45, 7) is 6.51. The first-order valence-corrected chi connectivity index (χ1v) is 9.20. The van der Waals surface area contributed by atoms with Gasteiger partial charge in [0, 0.05) is 36.8 Å². The van der Waals surface area contributed by atoms with Crippen molar-refractivity contribution in [3.8, 4) is 5.88 Å². The van der Waals surface area contributed by atoms with Gasteiger partial charge in [0.15, 0.2) is 0 Å². The predicted molar refractivity (Wildman–Crippen MR) is 94.4 cm³/mol. The van der Waals surface area contributed by atoms with Gasteiger partial charge in [-0.2, -0.15) is 5.10 Å². The van der Waals surface area contributed by atoms with Crippen LogP contribution in [0.3, 0.4) is 0 Å². The quantitative estimate of drug-likeness (QED) is 0.836. The van der Waals surface area contributed by atoms with Gasteiger partial charge in [0.05, 0.1) is 37.8 Å². The van der Waals surface area contributed by atoms with Gasteiger partial charge in [-0.3, -0.25) is 9.58 Å². The van der Waals surface area contributed by atoms with E-state index in [1.807, 2.05) is 12.1 Å². The zero-order valence-electron chi connectivity index (χ0n) is 15.1. The van der Waals surface area contributed by atoms with E-state index in [9.17, 15) is 0 Å². The lowest BCUT2D eigenvalue weighted by Crippen LogP contribution is -2.25. The highest BCUT2D eigenvalue weighted by atomic mass is 16.5. The molecule has 4 rings (SSSR count). The van der Waals surface area contributed by atoms with E-state index in [1.165, 1.54) is 23.4 Å². The molecule has 1 atom stereocenters. The summed E-state index contributed by atoms with van der Waals surface area (Å²) in [4.78, 5) is 7.08. The predicted octanol–water partition coefficient (Wildman–Crippen LogP) is 2.72. The number of methoxy groups -OCH3 is 1. The monoisotopic (exact) mass is 342 g/mol. The fourth-order valence-electron chi connectivity index (χ4n) is 4.06. The summed E-state index contributed by atoms with van der Waals surface area (Å²) in [5.74, 6) is 0.675. The van der Waals surface area contributed by atoms with Gasteiger partial charge >= 0.3 is 0 Å². The van der Waals surface area contributed by atoms with Crippen molar-refractivity contribution < 1.29 is 9.47 Å². The van der Waals surface area contributed by atoms with Crippen LogP contribution in [-0.4, -0.2) is 39.9 Å². The maximum atomic E-state index is 5.74. The fourth-order valence-corrected chi connectivity index (χ4v) is 4.06. The van der Waals surface area contributed by atoms with Gasteiger partial charge in [-0.1, -0.05) is 6.07 Å². The van der Waals surface area contributed by atoms with Gasteiger partial charge in [0.1, 0.15) is 0 Å². The Morgan fingerprint density at radius 2 is 2.28 bits per heavy atom. The van der Waals surface area contributed by atoms with E-state index in [0.29, 0.717) is 18.5 Å². The lowest BCUT2D eigenvalue weighted by Gasteiger charge is -2.24. The first-order chi connectivity index (χ1) is 12.3. The van der Waals surface area contributed by atoms with Crippen molar-refractivity contribution in [3.05, 3.63) is 40.8 Å². The Bertz CT molecular complexity index is 743. The second-order valence-corrected chi connectivity index (χ2v) is 6.73. The third kappa shape index (κ3) is 3.16. The normalized spacial score (nSPS) is 20.6. The second-order valence-electron chi connectivity index (χ2n) is 6.73. The number of fused-ring (bicyclic) bond motifs is 1. The minimum atomic E-state index is 0.358. The van der Waals surface area contributed by atoms with Crippen molar-refractivity contribution in [1.29, 1.82) is 0 Å². The van der Waals surface area contributed by atoms with Crippen molar-refractivity contribution in [2.75, 3.05) is 20.3 Å². The SMILES string of the molecule is CCn1nc(C2CCCN2Cc2cccc(OC)n2)c2c1CCOC2. The molecule has 2 aliphatic rings. The molecule has 6 heteroatoms. The summed E-state index contributed by atoms with van der Waals surface area (Å²) in [5.41, 5.74) is 4.96. The molecule has 2 aliphatic heterocycles. The average molecular weight is 342 g/mol. The molecule has 2 aromatic rings. The molecule has 0 aliphatic carbocycles. The van der Waals surface area contributed by atoms with Crippen LogP contribution >= 0.6 is 0 Å². The van der Waals surface area contributed by atoms with Crippen LogP contribution in [0, 0.1) is 0 Å². The zero-order valence-corrected chi connectivity index (χ0v) is 15.1. The number of likely N-dealkylation sites (tertiary alicyclic amines) is 1. The molecule has 2 aromatic heterocycles. The molecule has 0 N–H and O–H groups in total. The molecule has 134 valence electrons.